The lowest BCUT2D eigenvalue weighted by Crippen LogP contribution is -2.43. The van der Waals surface area contributed by atoms with Crippen LogP contribution < -0.4 is 10.7 Å². The Morgan fingerprint density at radius 2 is 1.86 bits per heavy atom. The van der Waals surface area contributed by atoms with Crippen molar-refractivity contribution >= 4 is 23.0 Å². The second kappa shape index (κ2) is 7.67. The molecule has 1 aliphatic heterocycles. The fraction of sp³-hybridized carbons (Fsp3) is 0.500. The monoisotopic (exact) mass is 318 g/mol. The van der Waals surface area contributed by atoms with Crippen molar-refractivity contribution in [1.29, 1.82) is 0 Å². The van der Waals surface area contributed by atoms with Gasteiger partial charge in [-0.05, 0) is 23.3 Å². The first-order valence-electron chi connectivity index (χ1n) is 7.77. The van der Waals surface area contributed by atoms with Gasteiger partial charge < -0.3 is 10.1 Å². The minimum atomic E-state index is 0.594. The Bertz CT molecular complexity index is 528. The molecule has 2 aliphatic rings. The first-order chi connectivity index (χ1) is 10.8. The highest BCUT2D eigenvalue weighted by Gasteiger charge is 2.15. The molecule has 0 aromatic heterocycles. The average molecular weight is 318 g/mol. The van der Waals surface area contributed by atoms with Gasteiger partial charge in [0.2, 0.25) is 0 Å². The van der Waals surface area contributed by atoms with Gasteiger partial charge in [0.15, 0.2) is 5.11 Å². The number of ether oxygens (including phenoxy) is 1. The summed E-state index contributed by atoms with van der Waals surface area (Å²) in [5.74, 6) is 0. The van der Waals surface area contributed by atoms with Gasteiger partial charge in [-0.3, -0.25) is 10.3 Å². The fourth-order valence-corrected chi connectivity index (χ4v) is 2.95. The van der Waals surface area contributed by atoms with Gasteiger partial charge in [0.25, 0.3) is 0 Å². The van der Waals surface area contributed by atoms with Gasteiger partial charge >= 0.3 is 0 Å². The van der Waals surface area contributed by atoms with Crippen LogP contribution in [0.25, 0.3) is 0 Å². The Kier molecular flexibility index (Phi) is 5.37. The highest BCUT2D eigenvalue weighted by molar-refractivity contribution is 7.80. The maximum atomic E-state index is 5.33. The quantitative estimate of drug-likeness (QED) is 0.639. The van der Waals surface area contributed by atoms with Crippen LogP contribution in [0.3, 0.4) is 0 Å². The van der Waals surface area contributed by atoms with Crippen LogP contribution in [-0.4, -0.2) is 55.1 Å². The lowest BCUT2D eigenvalue weighted by Gasteiger charge is -2.26. The van der Waals surface area contributed by atoms with Crippen LogP contribution in [0.2, 0.25) is 0 Å². The third-order valence-electron chi connectivity index (χ3n) is 4.04. The van der Waals surface area contributed by atoms with E-state index in [-0.39, 0.29) is 0 Å². The maximum absolute atomic E-state index is 5.33. The lowest BCUT2D eigenvalue weighted by atomic mass is 10.1. The molecule has 1 aromatic carbocycles. The second-order valence-electron chi connectivity index (χ2n) is 5.62. The largest absolute Gasteiger partial charge is 0.379 e. The minimum Gasteiger partial charge on any atom is -0.379 e. The molecule has 1 saturated heterocycles. The van der Waals surface area contributed by atoms with Gasteiger partial charge in [-0.2, -0.15) is 5.10 Å². The van der Waals surface area contributed by atoms with E-state index in [0.29, 0.717) is 5.11 Å². The van der Waals surface area contributed by atoms with Crippen molar-refractivity contribution < 1.29 is 4.74 Å². The summed E-state index contributed by atoms with van der Waals surface area (Å²) in [5.41, 5.74) is 6.84. The molecule has 118 valence electrons. The Morgan fingerprint density at radius 1 is 1.18 bits per heavy atom. The van der Waals surface area contributed by atoms with Crippen LogP contribution in [0.1, 0.15) is 11.1 Å². The molecule has 5 nitrogen and oxygen atoms in total. The van der Waals surface area contributed by atoms with Crippen molar-refractivity contribution in [2.24, 2.45) is 5.10 Å². The normalized spacial score (nSPS) is 17.9. The van der Waals surface area contributed by atoms with Crippen LogP contribution >= 0.6 is 12.2 Å². The first kappa shape index (κ1) is 15.4. The number of nitrogens with zero attached hydrogens (tertiary/aromatic N) is 2. The summed E-state index contributed by atoms with van der Waals surface area (Å²) >= 11 is 5.27. The fourth-order valence-electron chi connectivity index (χ4n) is 2.81. The molecule has 0 amide bonds. The molecular formula is C16H22N4OS. The Hall–Kier alpha value is -1.50. The van der Waals surface area contributed by atoms with Crippen LogP contribution in [0, 0.1) is 0 Å². The van der Waals surface area contributed by atoms with Crippen LogP contribution in [0.5, 0.6) is 0 Å². The van der Waals surface area contributed by atoms with Gasteiger partial charge in [-0.25, -0.2) is 0 Å². The van der Waals surface area contributed by atoms with Gasteiger partial charge in [-0.1, -0.05) is 24.3 Å². The number of morpholine rings is 1. The van der Waals surface area contributed by atoms with Crippen molar-refractivity contribution in [3.05, 3.63) is 35.4 Å². The van der Waals surface area contributed by atoms with Gasteiger partial charge in [0.05, 0.1) is 13.2 Å². The average Bonchev–Trinajstić information content (AvgIpc) is 2.97. The van der Waals surface area contributed by atoms with Gasteiger partial charge in [-0.15, -0.1) is 0 Å². The van der Waals surface area contributed by atoms with E-state index in [1.165, 1.54) is 11.1 Å². The van der Waals surface area contributed by atoms with Crippen LogP contribution in [0.15, 0.2) is 29.4 Å². The molecule has 1 aromatic rings. The first-order valence-corrected chi connectivity index (χ1v) is 8.18. The minimum absolute atomic E-state index is 0.594. The number of hydrazone groups is 1. The van der Waals surface area contributed by atoms with Crippen molar-refractivity contribution in [2.45, 2.75) is 12.8 Å². The van der Waals surface area contributed by atoms with E-state index in [0.717, 1.165) is 57.9 Å². The summed E-state index contributed by atoms with van der Waals surface area (Å²) in [6.45, 7) is 5.47. The molecule has 0 radical (unpaired) electrons. The molecule has 1 fully saturated rings. The highest BCUT2D eigenvalue weighted by atomic mass is 32.1. The lowest BCUT2D eigenvalue weighted by molar-refractivity contribution is 0.0389. The Balaban J connectivity index is 1.37. The van der Waals surface area contributed by atoms with E-state index in [4.69, 9.17) is 17.0 Å². The van der Waals surface area contributed by atoms with Crippen LogP contribution in [0.4, 0.5) is 0 Å². The molecule has 0 atom stereocenters. The number of fused-ring (bicyclic) bond motifs is 1. The standard InChI is InChI=1S/C16H22N4OS/c22-16(17-5-6-20-7-9-21-10-8-20)19-18-15-11-13-3-1-2-4-14(13)12-15/h1-4H,5-12H2,(H2,17,19,22). The zero-order chi connectivity index (χ0) is 15.2. The molecule has 22 heavy (non-hydrogen) atoms. The smallest absolute Gasteiger partial charge is 0.186 e. The molecule has 3 rings (SSSR count). The highest BCUT2D eigenvalue weighted by Crippen LogP contribution is 2.19. The molecule has 0 spiro atoms. The van der Waals surface area contributed by atoms with E-state index in [9.17, 15) is 0 Å². The maximum Gasteiger partial charge on any atom is 0.186 e. The molecule has 0 unspecified atom stereocenters. The number of hydrogen-bond acceptors (Lipinski definition) is 4. The molecular weight excluding hydrogens is 296 g/mol. The van der Waals surface area contributed by atoms with E-state index in [1.54, 1.807) is 0 Å². The topological polar surface area (TPSA) is 48.9 Å². The summed E-state index contributed by atoms with van der Waals surface area (Å²) in [7, 11) is 0. The number of rotatable bonds is 4. The number of benzene rings is 1. The molecule has 0 bridgehead atoms. The van der Waals surface area contributed by atoms with Crippen molar-refractivity contribution in [1.82, 2.24) is 15.6 Å². The number of thiocarbonyl (C=S) groups is 1. The number of hydrogen-bond donors (Lipinski definition) is 2. The third kappa shape index (κ3) is 4.25. The van der Waals surface area contributed by atoms with Gasteiger partial charge in [0.1, 0.15) is 0 Å². The molecule has 6 heteroatoms. The molecule has 0 saturated carbocycles. The summed E-state index contributed by atoms with van der Waals surface area (Å²) in [5, 5.41) is 8.23. The summed E-state index contributed by atoms with van der Waals surface area (Å²) in [6.07, 6.45) is 1.83. The predicted molar refractivity (Wildman–Crippen MR) is 92.3 cm³/mol. The number of nitrogens with one attached hydrogen (secondary N) is 2. The van der Waals surface area contributed by atoms with E-state index < -0.39 is 0 Å². The summed E-state index contributed by atoms with van der Waals surface area (Å²) < 4.78 is 5.33. The van der Waals surface area contributed by atoms with Crippen molar-refractivity contribution in [3.63, 3.8) is 0 Å². The molecule has 1 heterocycles. The SMILES string of the molecule is S=C(NCCN1CCOCC1)NN=C1Cc2ccccc2C1. The van der Waals surface area contributed by atoms with Crippen LogP contribution in [-0.2, 0) is 17.6 Å². The van der Waals surface area contributed by atoms with E-state index in [1.807, 2.05) is 0 Å². The van der Waals surface area contributed by atoms with Gasteiger partial charge in [0, 0.05) is 44.7 Å². The summed E-state index contributed by atoms with van der Waals surface area (Å²) in [4.78, 5) is 2.37. The predicted octanol–water partition coefficient (Wildman–Crippen LogP) is 0.938. The third-order valence-corrected chi connectivity index (χ3v) is 4.28. The van der Waals surface area contributed by atoms with E-state index in [2.05, 4.69) is 45.0 Å². The molecule has 2 N–H and O–H groups in total. The Labute approximate surface area is 136 Å². The zero-order valence-electron chi connectivity index (χ0n) is 12.7. The Morgan fingerprint density at radius 3 is 2.55 bits per heavy atom. The zero-order valence-corrected chi connectivity index (χ0v) is 13.5. The van der Waals surface area contributed by atoms with E-state index >= 15 is 0 Å². The molecule has 1 aliphatic carbocycles. The van der Waals surface area contributed by atoms with Crippen molar-refractivity contribution in [3.8, 4) is 0 Å². The summed E-state index contributed by atoms with van der Waals surface area (Å²) in [6, 6.07) is 8.48. The second-order valence-corrected chi connectivity index (χ2v) is 6.03. The van der Waals surface area contributed by atoms with Crippen molar-refractivity contribution in [2.75, 3.05) is 39.4 Å².